The molecule has 0 radical (unpaired) electrons. The number of carbonyl (C=O) groups excluding carboxylic acids is 1. The van der Waals surface area contributed by atoms with Crippen LogP contribution in [0.2, 0.25) is 0 Å². The summed E-state index contributed by atoms with van der Waals surface area (Å²) in [6, 6.07) is 0. The van der Waals surface area contributed by atoms with Gasteiger partial charge in [0.1, 0.15) is 0 Å². The van der Waals surface area contributed by atoms with E-state index in [9.17, 15) is 13.2 Å². The summed E-state index contributed by atoms with van der Waals surface area (Å²) in [5, 5.41) is 2.71. The largest absolute Gasteiger partial charge is 0.316 e. The molecule has 1 heterocycles. The molecule has 14 heavy (non-hydrogen) atoms. The van der Waals surface area contributed by atoms with Gasteiger partial charge in [0.25, 0.3) is 0 Å². The number of sulfonamides is 1. The fourth-order valence-corrected chi connectivity index (χ4v) is 2.93. The number of amides is 1. The van der Waals surface area contributed by atoms with Gasteiger partial charge in [-0.25, -0.2) is 8.42 Å². The van der Waals surface area contributed by atoms with Gasteiger partial charge in [0.05, 0.1) is 11.2 Å². The Morgan fingerprint density at radius 3 is 2.50 bits per heavy atom. The van der Waals surface area contributed by atoms with Crippen molar-refractivity contribution in [2.24, 2.45) is 5.92 Å². The van der Waals surface area contributed by atoms with Gasteiger partial charge in [-0.3, -0.25) is 9.52 Å². The van der Waals surface area contributed by atoms with E-state index in [-0.39, 0.29) is 17.1 Å². The van der Waals surface area contributed by atoms with Crippen molar-refractivity contribution >= 4 is 15.9 Å². The molecule has 80 valence electrons. The summed E-state index contributed by atoms with van der Waals surface area (Å²) in [7, 11) is -3.35. The van der Waals surface area contributed by atoms with Crippen LogP contribution in [0, 0.1) is 5.92 Å². The lowest BCUT2D eigenvalue weighted by Crippen LogP contribution is -2.38. The van der Waals surface area contributed by atoms with Crippen molar-refractivity contribution in [2.45, 2.75) is 24.5 Å². The molecular formula is C8H14N2O3S. The molecule has 2 N–H and O–H groups in total. The third-order valence-corrected chi connectivity index (χ3v) is 4.47. The Balaban J connectivity index is 1.93. The van der Waals surface area contributed by atoms with Gasteiger partial charge in [0.15, 0.2) is 0 Å². The van der Waals surface area contributed by atoms with Crippen LogP contribution in [0.25, 0.3) is 0 Å². The van der Waals surface area contributed by atoms with Crippen LogP contribution in [0.1, 0.15) is 19.3 Å². The molecule has 1 aliphatic heterocycles. The van der Waals surface area contributed by atoms with E-state index in [1.807, 2.05) is 0 Å². The van der Waals surface area contributed by atoms with Crippen LogP contribution in [0.15, 0.2) is 0 Å². The monoisotopic (exact) mass is 218 g/mol. The summed E-state index contributed by atoms with van der Waals surface area (Å²) in [5.74, 6) is -0.523. The minimum atomic E-state index is -3.35. The van der Waals surface area contributed by atoms with Crippen molar-refractivity contribution in [3.05, 3.63) is 0 Å². The van der Waals surface area contributed by atoms with Crippen molar-refractivity contribution in [1.29, 1.82) is 0 Å². The summed E-state index contributed by atoms with van der Waals surface area (Å²) >= 11 is 0. The standard InChI is InChI=1S/C8H14N2O3S/c11-8(6-3-4-9-5-6)10-14(12,13)7-1-2-7/h6-7,9H,1-5H2,(H,10,11)/t6-/m1/s1. The van der Waals surface area contributed by atoms with Crippen molar-refractivity contribution in [1.82, 2.24) is 10.0 Å². The Hall–Kier alpha value is -0.620. The van der Waals surface area contributed by atoms with E-state index in [2.05, 4.69) is 10.0 Å². The van der Waals surface area contributed by atoms with Gasteiger partial charge < -0.3 is 5.32 Å². The van der Waals surface area contributed by atoms with E-state index >= 15 is 0 Å². The van der Waals surface area contributed by atoms with E-state index in [0.717, 1.165) is 13.0 Å². The van der Waals surface area contributed by atoms with Crippen LogP contribution < -0.4 is 10.0 Å². The quantitative estimate of drug-likeness (QED) is 0.650. The maximum Gasteiger partial charge on any atom is 0.237 e. The molecule has 6 heteroatoms. The topological polar surface area (TPSA) is 75.3 Å². The summed E-state index contributed by atoms with van der Waals surface area (Å²) in [4.78, 5) is 11.5. The first-order chi connectivity index (χ1) is 6.59. The second-order valence-electron chi connectivity index (χ2n) is 3.90. The highest BCUT2D eigenvalue weighted by atomic mass is 32.2. The third-order valence-electron chi connectivity index (χ3n) is 2.64. The zero-order valence-corrected chi connectivity index (χ0v) is 8.64. The first-order valence-electron chi connectivity index (χ1n) is 4.86. The van der Waals surface area contributed by atoms with Gasteiger partial charge in [0, 0.05) is 6.54 Å². The summed E-state index contributed by atoms with van der Waals surface area (Å²) in [5.41, 5.74) is 0. The zero-order valence-electron chi connectivity index (χ0n) is 7.82. The van der Waals surface area contributed by atoms with E-state index in [0.29, 0.717) is 19.4 Å². The number of carbonyl (C=O) groups is 1. The fraction of sp³-hybridized carbons (Fsp3) is 0.875. The number of hydrogen-bond donors (Lipinski definition) is 2. The van der Waals surface area contributed by atoms with E-state index in [1.165, 1.54) is 0 Å². The third kappa shape index (κ3) is 2.06. The van der Waals surface area contributed by atoms with Crippen LogP contribution in [0.4, 0.5) is 0 Å². The molecule has 0 unspecified atom stereocenters. The summed E-state index contributed by atoms with van der Waals surface area (Å²) in [6.45, 7) is 1.38. The van der Waals surface area contributed by atoms with Crippen LogP contribution >= 0.6 is 0 Å². The Labute approximate surface area is 83.3 Å². The second kappa shape index (κ2) is 3.51. The Morgan fingerprint density at radius 2 is 2.00 bits per heavy atom. The van der Waals surface area contributed by atoms with Gasteiger partial charge in [-0.05, 0) is 25.8 Å². The Bertz CT molecular complexity index is 328. The molecule has 0 aromatic heterocycles. The zero-order chi connectivity index (χ0) is 10.2. The molecule has 1 atom stereocenters. The maximum atomic E-state index is 11.5. The minimum absolute atomic E-state index is 0.177. The predicted molar refractivity (Wildman–Crippen MR) is 51.1 cm³/mol. The number of hydrogen-bond acceptors (Lipinski definition) is 4. The fourth-order valence-electron chi connectivity index (χ4n) is 1.56. The lowest BCUT2D eigenvalue weighted by molar-refractivity contribution is -0.122. The van der Waals surface area contributed by atoms with Gasteiger partial charge in [-0.1, -0.05) is 0 Å². The average Bonchev–Trinajstić information content (AvgIpc) is 2.82. The molecule has 1 aliphatic carbocycles. The highest BCUT2D eigenvalue weighted by Crippen LogP contribution is 2.27. The molecule has 0 bridgehead atoms. The molecule has 2 fully saturated rings. The summed E-state index contributed by atoms with van der Waals surface area (Å²) < 4.78 is 25.0. The van der Waals surface area contributed by atoms with Gasteiger partial charge in [-0.15, -0.1) is 0 Å². The van der Waals surface area contributed by atoms with Crippen molar-refractivity contribution in [2.75, 3.05) is 13.1 Å². The highest BCUT2D eigenvalue weighted by molar-refractivity contribution is 7.90. The van der Waals surface area contributed by atoms with Crippen LogP contribution in [-0.2, 0) is 14.8 Å². The van der Waals surface area contributed by atoms with Crippen molar-refractivity contribution in [3.8, 4) is 0 Å². The number of nitrogens with one attached hydrogen (secondary N) is 2. The SMILES string of the molecule is O=C(NS(=O)(=O)C1CC1)[C@@H]1CCNC1. The lowest BCUT2D eigenvalue weighted by atomic mass is 10.1. The molecule has 2 aliphatic rings. The molecule has 0 aromatic rings. The van der Waals surface area contributed by atoms with E-state index in [1.54, 1.807) is 0 Å². The molecule has 2 rings (SSSR count). The number of rotatable bonds is 3. The lowest BCUT2D eigenvalue weighted by Gasteiger charge is -2.09. The van der Waals surface area contributed by atoms with Gasteiger partial charge >= 0.3 is 0 Å². The highest BCUT2D eigenvalue weighted by Gasteiger charge is 2.38. The second-order valence-corrected chi connectivity index (χ2v) is 5.86. The first-order valence-corrected chi connectivity index (χ1v) is 6.40. The van der Waals surface area contributed by atoms with E-state index < -0.39 is 10.0 Å². The van der Waals surface area contributed by atoms with Crippen LogP contribution in [0.3, 0.4) is 0 Å². The average molecular weight is 218 g/mol. The van der Waals surface area contributed by atoms with Gasteiger partial charge in [0.2, 0.25) is 15.9 Å². The summed E-state index contributed by atoms with van der Waals surface area (Å²) in [6.07, 6.45) is 2.10. The molecule has 1 amide bonds. The normalized spacial score (nSPS) is 27.6. The predicted octanol–water partition coefficient (Wildman–Crippen LogP) is -0.796. The molecule has 1 saturated heterocycles. The first kappa shape index (κ1) is 9.92. The van der Waals surface area contributed by atoms with Gasteiger partial charge in [-0.2, -0.15) is 0 Å². The molecule has 1 saturated carbocycles. The smallest absolute Gasteiger partial charge is 0.237 e. The Morgan fingerprint density at radius 1 is 1.29 bits per heavy atom. The van der Waals surface area contributed by atoms with Crippen molar-refractivity contribution < 1.29 is 13.2 Å². The molecule has 0 aromatic carbocycles. The van der Waals surface area contributed by atoms with Crippen LogP contribution in [-0.4, -0.2) is 32.7 Å². The molecule has 0 spiro atoms. The van der Waals surface area contributed by atoms with E-state index in [4.69, 9.17) is 0 Å². The molecule has 5 nitrogen and oxygen atoms in total. The van der Waals surface area contributed by atoms with Crippen molar-refractivity contribution in [3.63, 3.8) is 0 Å². The van der Waals surface area contributed by atoms with Crippen LogP contribution in [0.5, 0.6) is 0 Å². The maximum absolute atomic E-state index is 11.5. The minimum Gasteiger partial charge on any atom is -0.316 e. The molecular weight excluding hydrogens is 204 g/mol. The Kier molecular flexibility index (Phi) is 2.48.